The third-order valence-electron chi connectivity index (χ3n) is 4.83. The second-order valence-electron chi connectivity index (χ2n) is 12.1. The molecule has 6 nitrogen and oxygen atoms in total. The molecule has 2 rings (SSSR count). The molecule has 0 aromatic rings. The standard InChI is InChI=1S/C21H40N2O4P2/c1-18(2,3)16-13-22(20(7,8)9)28(24,26-16)15-29(25)23(21(10,11)12)14-17(27-29)19(4,5)6/h13-14H,15H2,1-12H3. The fourth-order valence-electron chi connectivity index (χ4n) is 3.22. The normalized spacial score (nSPS) is 28.8. The molecule has 8 heteroatoms. The minimum Gasteiger partial charge on any atom is -0.431 e. The Morgan fingerprint density at radius 1 is 0.655 bits per heavy atom. The zero-order valence-corrected chi connectivity index (χ0v) is 22.1. The third-order valence-corrected chi connectivity index (χ3v) is 11.4. The molecular weight excluding hydrogens is 406 g/mol. The number of rotatable bonds is 2. The van der Waals surface area contributed by atoms with Crippen LogP contribution < -0.4 is 0 Å². The molecule has 2 heterocycles. The molecule has 0 spiro atoms. The molecular formula is C21H40N2O4P2. The lowest BCUT2D eigenvalue weighted by atomic mass is 9.94. The van der Waals surface area contributed by atoms with Crippen molar-refractivity contribution >= 4 is 15.0 Å². The van der Waals surface area contributed by atoms with E-state index in [0.29, 0.717) is 11.5 Å². The molecule has 0 saturated carbocycles. The molecule has 0 amide bonds. The van der Waals surface area contributed by atoms with Gasteiger partial charge in [0.1, 0.15) is 11.5 Å². The SMILES string of the molecule is CC(C)(C)C1=CN(C(C)(C)C)P(=O)(CP2(=O)OC(C(C)(C)C)=CN2C(C)(C)C)O1. The molecule has 2 aliphatic heterocycles. The summed E-state index contributed by atoms with van der Waals surface area (Å²) >= 11 is 0. The first-order valence-electron chi connectivity index (χ1n) is 10.2. The van der Waals surface area contributed by atoms with Gasteiger partial charge in [-0.05, 0) is 41.5 Å². The molecule has 0 fully saturated rings. The summed E-state index contributed by atoms with van der Waals surface area (Å²) in [5.74, 6) is 1.13. The highest BCUT2D eigenvalue weighted by Crippen LogP contribution is 2.74. The van der Waals surface area contributed by atoms with Gasteiger partial charge in [0.25, 0.3) is 0 Å². The van der Waals surface area contributed by atoms with Gasteiger partial charge in [-0.2, -0.15) is 0 Å². The van der Waals surface area contributed by atoms with Crippen molar-refractivity contribution in [2.45, 2.75) is 94.2 Å². The average Bonchev–Trinajstić information content (AvgIpc) is 2.94. The highest BCUT2D eigenvalue weighted by molar-refractivity contribution is 7.74. The van der Waals surface area contributed by atoms with Crippen LogP contribution in [0.25, 0.3) is 0 Å². The van der Waals surface area contributed by atoms with Gasteiger partial charge in [-0.15, -0.1) is 0 Å². The second-order valence-corrected chi connectivity index (χ2v) is 17.0. The van der Waals surface area contributed by atoms with Crippen molar-refractivity contribution in [2.24, 2.45) is 10.8 Å². The number of allylic oxidation sites excluding steroid dienone is 2. The fraction of sp³-hybridized carbons (Fsp3) is 0.810. The van der Waals surface area contributed by atoms with Crippen molar-refractivity contribution in [1.29, 1.82) is 0 Å². The third kappa shape index (κ3) is 4.90. The molecule has 29 heavy (non-hydrogen) atoms. The lowest BCUT2D eigenvalue weighted by Crippen LogP contribution is -2.36. The van der Waals surface area contributed by atoms with Crippen LogP contribution >= 0.6 is 15.0 Å². The van der Waals surface area contributed by atoms with E-state index in [1.54, 1.807) is 9.34 Å². The zero-order valence-electron chi connectivity index (χ0n) is 20.3. The molecule has 0 aromatic heterocycles. The summed E-state index contributed by atoms with van der Waals surface area (Å²) in [6.45, 7) is 24.0. The summed E-state index contributed by atoms with van der Waals surface area (Å²) in [7, 11) is -6.95. The number of hydrogen-bond acceptors (Lipinski definition) is 4. The molecule has 2 unspecified atom stereocenters. The van der Waals surface area contributed by atoms with Crippen LogP contribution in [0, 0.1) is 10.8 Å². The Bertz CT molecular complexity index is 750. The van der Waals surface area contributed by atoms with E-state index in [9.17, 15) is 9.13 Å². The molecule has 0 N–H and O–H groups in total. The van der Waals surface area contributed by atoms with Crippen molar-refractivity contribution < 1.29 is 18.2 Å². The molecule has 2 aliphatic rings. The molecule has 0 radical (unpaired) electrons. The topological polar surface area (TPSA) is 59.1 Å². The van der Waals surface area contributed by atoms with E-state index in [-0.39, 0.29) is 16.7 Å². The van der Waals surface area contributed by atoms with Gasteiger partial charge in [0.05, 0.1) is 0 Å². The summed E-state index contributed by atoms with van der Waals surface area (Å²) in [5.41, 5.74) is -1.51. The molecule has 0 aromatic carbocycles. The van der Waals surface area contributed by atoms with E-state index in [0.717, 1.165) is 0 Å². The number of hydrogen-bond donors (Lipinski definition) is 0. The quantitative estimate of drug-likeness (QED) is 0.413. The van der Waals surface area contributed by atoms with Crippen molar-refractivity contribution in [2.75, 3.05) is 5.90 Å². The molecule has 2 atom stereocenters. The Morgan fingerprint density at radius 2 is 0.931 bits per heavy atom. The Kier molecular flexibility index (Phi) is 5.74. The summed E-state index contributed by atoms with van der Waals surface area (Å²) in [5, 5.41) is 0. The van der Waals surface area contributed by atoms with Gasteiger partial charge in [-0.1, -0.05) is 41.5 Å². The average molecular weight is 447 g/mol. The highest BCUT2D eigenvalue weighted by Gasteiger charge is 2.56. The molecule has 0 saturated heterocycles. The summed E-state index contributed by atoms with van der Waals surface area (Å²) in [6.07, 6.45) is 3.67. The second kappa shape index (κ2) is 6.82. The largest absolute Gasteiger partial charge is 0.431 e. The highest BCUT2D eigenvalue weighted by atomic mass is 31.2. The van der Waals surface area contributed by atoms with Crippen molar-refractivity contribution in [3.8, 4) is 0 Å². The maximum Gasteiger partial charge on any atom is 0.356 e. The summed E-state index contributed by atoms with van der Waals surface area (Å²) in [4.78, 5) is 0. The fourth-order valence-corrected chi connectivity index (χ4v) is 10.4. The molecule has 0 bridgehead atoms. The van der Waals surface area contributed by atoms with Gasteiger partial charge in [-0.25, -0.2) is 0 Å². The lowest BCUT2D eigenvalue weighted by molar-refractivity contribution is 0.269. The van der Waals surface area contributed by atoms with Crippen LogP contribution in [0.1, 0.15) is 83.1 Å². The van der Waals surface area contributed by atoms with E-state index in [2.05, 4.69) is 0 Å². The first-order chi connectivity index (χ1) is 12.6. The number of nitrogens with zero attached hydrogens (tertiary/aromatic N) is 2. The van der Waals surface area contributed by atoms with Crippen LogP contribution in [0.2, 0.25) is 0 Å². The van der Waals surface area contributed by atoms with Crippen LogP contribution in [0.4, 0.5) is 0 Å². The van der Waals surface area contributed by atoms with Crippen LogP contribution in [0.15, 0.2) is 23.9 Å². The zero-order chi connectivity index (χ0) is 22.8. The lowest BCUT2D eigenvalue weighted by Gasteiger charge is -2.39. The van der Waals surface area contributed by atoms with Crippen LogP contribution in [0.3, 0.4) is 0 Å². The van der Waals surface area contributed by atoms with Gasteiger partial charge in [0, 0.05) is 34.3 Å². The smallest absolute Gasteiger partial charge is 0.356 e. The Balaban J connectivity index is 2.50. The van der Waals surface area contributed by atoms with Crippen LogP contribution in [-0.2, 0) is 18.2 Å². The van der Waals surface area contributed by atoms with E-state index in [1.807, 2.05) is 95.5 Å². The Morgan fingerprint density at radius 3 is 1.14 bits per heavy atom. The Hall–Kier alpha value is -0.860. The van der Waals surface area contributed by atoms with E-state index < -0.39 is 26.1 Å². The van der Waals surface area contributed by atoms with Gasteiger partial charge >= 0.3 is 15.0 Å². The minimum absolute atomic E-state index is 0.166. The predicted molar refractivity (Wildman–Crippen MR) is 121 cm³/mol. The van der Waals surface area contributed by atoms with Gasteiger partial charge in [-0.3, -0.25) is 18.5 Å². The van der Waals surface area contributed by atoms with E-state index >= 15 is 0 Å². The Labute approximate surface area is 177 Å². The predicted octanol–water partition coefficient (Wildman–Crippen LogP) is 7.37. The van der Waals surface area contributed by atoms with Crippen molar-refractivity contribution in [3.63, 3.8) is 0 Å². The van der Waals surface area contributed by atoms with Gasteiger partial charge in [0.2, 0.25) is 0 Å². The maximum atomic E-state index is 14.2. The summed E-state index contributed by atoms with van der Waals surface area (Å²) < 4.78 is 44.1. The van der Waals surface area contributed by atoms with Crippen molar-refractivity contribution in [3.05, 3.63) is 23.9 Å². The monoisotopic (exact) mass is 446 g/mol. The van der Waals surface area contributed by atoms with Gasteiger partial charge < -0.3 is 9.05 Å². The van der Waals surface area contributed by atoms with E-state index in [4.69, 9.17) is 9.05 Å². The molecule has 168 valence electrons. The first-order valence-corrected chi connectivity index (χ1v) is 13.7. The van der Waals surface area contributed by atoms with Crippen molar-refractivity contribution in [1.82, 2.24) is 9.34 Å². The first kappa shape index (κ1) is 24.4. The molecule has 0 aliphatic carbocycles. The van der Waals surface area contributed by atoms with E-state index in [1.165, 1.54) is 0 Å². The van der Waals surface area contributed by atoms with Crippen LogP contribution in [0.5, 0.6) is 0 Å². The van der Waals surface area contributed by atoms with Gasteiger partial charge in [0.15, 0.2) is 5.90 Å². The van der Waals surface area contributed by atoms with Crippen LogP contribution in [-0.4, -0.2) is 26.3 Å². The minimum atomic E-state index is -3.48. The summed E-state index contributed by atoms with van der Waals surface area (Å²) in [6, 6.07) is 0. The maximum absolute atomic E-state index is 14.2.